The molecule has 3 heterocycles. The normalized spacial score (nSPS) is 17.9. The minimum Gasteiger partial charge on any atom is -0.338 e. The molecule has 0 bridgehead atoms. The first-order valence-electron chi connectivity index (χ1n) is 8.36. The number of hydrogen-bond donors (Lipinski definition) is 1. The SMILES string of the molecule is CCCn1nc(C)c(C(=O)N2CC[C@H](c3[nH]ncc3C)C2)c1C. The lowest BCUT2D eigenvalue weighted by molar-refractivity contribution is 0.0789. The van der Waals surface area contributed by atoms with Gasteiger partial charge in [-0.1, -0.05) is 6.92 Å². The molecule has 3 rings (SSSR count). The maximum atomic E-state index is 13.0. The molecule has 6 heteroatoms. The summed E-state index contributed by atoms with van der Waals surface area (Å²) in [4.78, 5) is 14.9. The number of carbonyl (C=O) groups excluding carboxylic acids is 1. The zero-order chi connectivity index (χ0) is 16.6. The van der Waals surface area contributed by atoms with E-state index in [0.717, 1.165) is 55.1 Å². The standard InChI is InChI=1S/C17H25N5O/c1-5-7-22-13(4)15(12(3)20-22)17(23)21-8-6-14(10-21)16-11(2)9-18-19-16/h9,14H,5-8,10H2,1-4H3,(H,18,19)/t14-/m0/s1. The molecule has 1 N–H and O–H groups in total. The summed E-state index contributed by atoms with van der Waals surface area (Å²) in [6.07, 6.45) is 3.85. The molecular formula is C17H25N5O. The third-order valence-electron chi connectivity index (χ3n) is 4.78. The van der Waals surface area contributed by atoms with Crippen LogP contribution in [0.3, 0.4) is 0 Å². The van der Waals surface area contributed by atoms with Crippen molar-refractivity contribution in [3.05, 3.63) is 34.4 Å². The Kier molecular flexibility index (Phi) is 4.24. The van der Waals surface area contributed by atoms with Crippen LogP contribution in [-0.2, 0) is 6.54 Å². The van der Waals surface area contributed by atoms with Gasteiger partial charge in [0.15, 0.2) is 0 Å². The smallest absolute Gasteiger partial charge is 0.257 e. The molecule has 0 radical (unpaired) electrons. The first-order chi connectivity index (χ1) is 11.0. The fourth-order valence-electron chi connectivity index (χ4n) is 3.54. The van der Waals surface area contributed by atoms with Crippen molar-refractivity contribution in [2.75, 3.05) is 13.1 Å². The van der Waals surface area contributed by atoms with E-state index in [9.17, 15) is 4.79 Å². The van der Waals surface area contributed by atoms with E-state index in [4.69, 9.17) is 0 Å². The van der Waals surface area contributed by atoms with Gasteiger partial charge in [-0.05, 0) is 39.2 Å². The molecule has 0 spiro atoms. The lowest BCUT2D eigenvalue weighted by atomic mass is 10.0. The fourth-order valence-corrected chi connectivity index (χ4v) is 3.54. The number of nitrogens with one attached hydrogen (secondary N) is 1. The lowest BCUT2D eigenvalue weighted by Crippen LogP contribution is -2.29. The number of aromatic amines is 1. The molecular weight excluding hydrogens is 290 g/mol. The predicted octanol–water partition coefficient (Wildman–Crippen LogP) is 2.57. The minimum atomic E-state index is 0.113. The van der Waals surface area contributed by atoms with Crippen molar-refractivity contribution in [1.29, 1.82) is 0 Å². The van der Waals surface area contributed by atoms with Gasteiger partial charge in [0, 0.05) is 36.9 Å². The summed E-state index contributed by atoms with van der Waals surface area (Å²) in [7, 11) is 0. The second kappa shape index (κ2) is 6.18. The first kappa shape index (κ1) is 15.8. The molecule has 23 heavy (non-hydrogen) atoms. The molecule has 1 fully saturated rings. The molecule has 1 atom stereocenters. The Morgan fingerprint density at radius 2 is 2.17 bits per heavy atom. The molecule has 1 saturated heterocycles. The third-order valence-corrected chi connectivity index (χ3v) is 4.78. The monoisotopic (exact) mass is 315 g/mol. The molecule has 0 aromatic carbocycles. The number of carbonyl (C=O) groups is 1. The van der Waals surface area contributed by atoms with E-state index in [1.54, 1.807) is 0 Å². The van der Waals surface area contributed by atoms with Gasteiger partial charge >= 0.3 is 0 Å². The Balaban J connectivity index is 1.79. The molecule has 1 aliphatic rings. The Morgan fingerprint density at radius 3 is 2.83 bits per heavy atom. The number of aryl methyl sites for hydroxylation is 3. The van der Waals surface area contributed by atoms with Gasteiger partial charge in [0.2, 0.25) is 0 Å². The predicted molar refractivity (Wildman–Crippen MR) is 88.6 cm³/mol. The zero-order valence-electron chi connectivity index (χ0n) is 14.4. The van der Waals surface area contributed by atoms with E-state index in [2.05, 4.69) is 29.1 Å². The lowest BCUT2D eigenvalue weighted by Gasteiger charge is -2.17. The average molecular weight is 315 g/mol. The molecule has 124 valence electrons. The number of H-pyrrole nitrogens is 1. The topological polar surface area (TPSA) is 66.8 Å². The highest BCUT2D eigenvalue weighted by atomic mass is 16.2. The Hall–Kier alpha value is -2.11. The van der Waals surface area contributed by atoms with Gasteiger partial charge in [0.25, 0.3) is 5.91 Å². The van der Waals surface area contributed by atoms with Crippen molar-refractivity contribution >= 4 is 5.91 Å². The summed E-state index contributed by atoms with van der Waals surface area (Å²) >= 11 is 0. The van der Waals surface area contributed by atoms with Crippen LogP contribution in [0, 0.1) is 20.8 Å². The van der Waals surface area contributed by atoms with Crippen molar-refractivity contribution < 1.29 is 4.79 Å². The summed E-state index contributed by atoms with van der Waals surface area (Å²) in [5.74, 6) is 0.467. The van der Waals surface area contributed by atoms with Crippen molar-refractivity contribution in [1.82, 2.24) is 24.9 Å². The molecule has 0 aliphatic carbocycles. The van der Waals surface area contributed by atoms with Crippen LogP contribution in [0.15, 0.2) is 6.20 Å². The number of rotatable bonds is 4. The Bertz CT molecular complexity index is 715. The number of nitrogens with zero attached hydrogens (tertiary/aromatic N) is 4. The molecule has 2 aromatic rings. The van der Waals surface area contributed by atoms with E-state index in [1.165, 1.54) is 5.56 Å². The van der Waals surface area contributed by atoms with Gasteiger partial charge in [-0.25, -0.2) is 0 Å². The number of amides is 1. The van der Waals surface area contributed by atoms with Crippen LogP contribution in [0.1, 0.15) is 58.7 Å². The highest BCUT2D eigenvalue weighted by Gasteiger charge is 2.32. The first-order valence-corrected chi connectivity index (χ1v) is 8.36. The van der Waals surface area contributed by atoms with Gasteiger partial charge in [0.05, 0.1) is 17.5 Å². The maximum Gasteiger partial charge on any atom is 0.257 e. The number of aromatic nitrogens is 4. The summed E-state index contributed by atoms with van der Waals surface area (Å²) in [6, 6.07) is 0. The van der Waals surface area contributed by atoms with Crippen LogP contribution < -0.4 is 0 Å². The van der Waals surface area contributed by atoms with Crippen molar-refractivity contribution in [2.45, 2.75) is 53.0 Å². The second-order valence-electron chi connectivity index (χ2n) is 6.47. The van der Waals surface area contributed by atoms with Gasteiger partial charge < -0.3 is 4.90 Å². The van der Waals surface area contributed by atoms with Crippen LogP contribution in [0.2, 0.25) is 0 Å². The van der Waals surface area contributed by atoms with Gasteiger partial charge in [-0.2, -0.15) is 10.2 Å². The largest absolute Gasteiger partial charge is 0.338 e. The van der Waals surface area contributed by atoms with Crippen molar-refractivity contribution in [2.24, 2.45) is 0 Å². The molecule has 2 aromatic heterocycles. The van der Waals surface area contributed by atoms with Crippen molar-refractivity contribution in [3.63, 3.8) is 0 Å². The zero-order valence-corrected chi connectivity index (χ0v) is 14.4. The van der Waals surface area contributed by atoms with Gasteiger partial charge in [0.1, 0.15) is 0 Å². The molecule has 1 amide bonds. The van der Waals surface area contributed by atoms with Crippen LogP contribution in [0.4, 0.5) is 0 Å². The maximum absolute atomic E-state index is 13.0. The summed E-state index contributed by atoms with van der Waals surface area (Å²) in [5, 5.41) is 11.7. The molecule has 6 nitrogen and oxygen atoms in total. The molecule has 0 unspecified atom stereocenters. The van der Waals surface area contributed by atoms with Crippen molar-refractivity contribution in [3.8, 4) is 0 Å². The average Bonchev–Trinajstić information content (AvgIpc) is 3.20. The highest BCUT2D eigenvalue weighted by molar-refractivity contribution is 5.96. The van der Waals surface area contributed by atoms with Crippen LogP contribution in [0.5, 0.6) is 0 Å². The van der Waals surface area contributed by atoms with Crippen LogP contribution in [-0.4, -0.2) is 43.9 Å². The van der Waals surface area contributed by atoms with E-state index < -0.39 is 0 Å². The van der Waals surface area contributed by atoms with Crippen LogP contribution >= 0.6 is 0 Å². The highest BCUT2D eigenvalue weighted by Crippen LogP contribution is 2.29. The number of likely N-dealkylation sites (tertiary alicyclic amines) is 1. The van der Waals surface area contributed by atoms with Crippen LogP contribution in [0.25, 0.3) is 0 Å². The Labute approximate surface area is 136 Å². The van der Waals surface area contributed by atoms with E-state index >= 15 is 0 Å². The fraction of sp³-hybridized carbons (Fsp3) is 0.588. The third kappa shape index (κ3) is 2.78. The minimum absolute atomic E-state index is 0.113. The van der Waals surface area contributed by atoms with Gasteiger partial charge in [-0.3, -0.25) is 14.6 Å². The quantitative estimate of drug-likeness (QED) is 0.943. The summed E-state index contributed by atoms with van der Waals surface area (Å²) < 4.78 is 1.95. The number of hydrogen-bond acceptors (Lipinski definition) is 3. The van der Waals surface area contributed by atoms with Gasteiger partial charge in [-0.15, -0.1) is 0 Å². The molecule has 1 aliphatic heterocycles. The second-order valence-corrected chi connectivity index (χ2v) is 6.47. The Morgan fingerprint density at radius 1 is 1.39 bits per heavy atom. The van der Waals surface area contributed by atoms with E-state index in [0.29, 0.717) is 5.92 Å². The van der Waals surface area contributed by atoms with E-state index in [1.807, 2.05) is 29.6 Å². The van der Waals surface area contributed by atoms with E-state index in [-0.39, 0.29) is 5.91 Å². The summed E-state index contributed by atoms with van der Waals surface area (Å²) in [6.45, 7) is 10.5. The summed E-state index contributed by atoms with van der Waals surface area (Å²) in [5.41, 5.74) is 4.93. The molecule has 0 saturated carbocycles.